The molecule has 50 valence electrons. The van der Waals surface area contributed by atoms with Crippen LogP contribution in [0, 0.1) is 5.92 Å². The van der Waals surface area contributed by atoms with Gasteiger partial charge in [0.15, 0.2) is 0 Å². The first-order valence-corrected chi connectivity index (χ1v) is 4.93. The first-order chi connectivity index (χ1) is 3.42. The summed E-state index contributed by atoms with van der Waals surface area (Å²) in [5.74, 6) is 0.264. The minimum atomic E-state index is -3.14. The first-order valence-electron chi connectivity index (χ1n) is 2.35. The van der Waals surface area contributed by atoms with Gasteiger partial charge in [0, 0.05) is 14.6 Å². The molecule has 2 nitrogen and oxygen atoms in total. The summed E-state index contributed by atoms with van der Waals surface area (Å²) < 4.78 is 20.5. The van der Waals surface area contributed by atoms with E-state index in [4.69, 9.17) is 0 Å². The zero-order chi connectivity index (χ0) is 6.78. The Labute approximate surface area is 83.4 Å². The third-order valence-corrected chi connectivity index (χ3v) is 2.02. The normalized spacial score (nSPS) is 11.1. The van der Waals surface area contributed by atoms with Gasteiger partial charge in [-0.3, -0.25) is 8.42 Å². The number of hydrogen-bond donors (Lipinski definition) is 0. The minimum Gasteiger partial charge on any atom is -0.649 e. The molecule has 0 heterocycles. The summed E-state index contributed by atoms with van der Waals surface area (Å²) in [5.41, 5.74) is 0. The zero-order valence-corrected chi connectivity index (χ0v) is 9.55. The third-order valence-electron chi connectivity index (χ3n) is 0.537. The van der Waals surface area contributed by atoms with E-state index in [0.29, 0.717) is 0 Å². The van der Waals surface area contributed by atoms with Crippen LogP contribution in [0.2, 0.25) is 0 Å². The van der Waals surface area contributed by atoms with Gasteiger partial charge in [-0.15, -0.1) is 0 Å². The molecular formula is C4H9NaO2S2. The van der Waals surface area contributed by atoms with E-state index in [2.05, 4.69) is 11.7 Å². The van der Waals surface area contributed by atoms with E-state index in [9.17, 15) is 8.42 Å². The van der Waals surface area contributed by atoms with Gasteiger partial charge in [-0.1, -0.05) is 13.8 Å². The van der Waals surface area contributed by atoms with Crippen molar-refractivity contribution < 1.29 is 38.0 Å². The van der Waals surface area contributed by atoms with Crippen molar-refractivity contribution in [3.05, 3.63) is 0 Å². The predicted octanol–water partition coefficient (Wildman–Crippen LogP) is -2.48. The topological polar surface area (TPSA) is 34.1 Å². The van der Waals surface area contributed by atoms with Crippen LogP contribution in [0.15, 0.2) is 0 Å². The second-order valence-corrected chi connectivity index (χ2v) is 5.09. The van der Waals surface area contributed by atoms with Gasteiger partial charge >= 0.3 is 29.6 Å². The van der Waals surface area contributed by atoms with Gasteiger partial charge in [0.2, 0.25) is 0 Å². The first kappa shape index (κ1) is 12.9. The fourth-order valence-corrected chi connectivity index (χ4v) is 2.04. The summed E-state index contributed by atoms with van der Waals surface area (Å²) in [5, 5.41) is 0. The van der Waals surface area contributed by atoms with E-state index in [1.54, 1.807) is 0 Å². The summed E-state index contributed by atoms with van der Waals surface area (Å²) >= 11 is 4.13. The van der Waals surface area contributed by atoms with E-state index in [1.165, 1.54) is 0 Å². The van der Waals surface area contributed by atoms with Crippen molar-refractivity contribution in [1.82, 2.24) is 0 Å². The molecule has 0 aromatic carbocycles. The van der Waals surface area contributed by atoms with Crippen molar-refractivity contribution in [1.29, 1.82) is 0 Å². The van der Waals surface area contributed by atoms with Crippen LogP contribution in [0.5, 0.6) is 0 Å². The summed E-state index contributed by atoms with van der Waals surface area (Å²) in [6.07, 6.45) is 0. The maximum Gasteiger partial charge on any atom is 1.00 e. The molecule has 0 amide bonds. The van der Waals surface area contributed by atoms with E-state index < -0.39 is 8.87 Å². The molecule has 0 rings (SSSR count). The number of hydrogen-bond acceptors (Lipinski definition) is 3. The maximum absolute atomic E-state index is 10.3. The molecule has 0 unspecified atom stereocenters. The second-order valence-electron chi connectivity index (χ2n) is 2.12. The molecule has 0 bridgehead atoms. The molecule has 0 aliphatic heterocycles. The van der Waals surface area contributed by atoms with Crippen molar-refractivity contribution in [2.45, 2.75) is 13.8 Å². The SMILES string of the molecule is CC(C)CS(=O)(=O)[S-].[Na+]. The van der Waals surface area contributed by atoms with Gasteiger partial charge in [-0.25, -0.2) is 0 Å². The third kappa shape index (κ3) is 12.5. The van der Waals surface area contributed by atoms with Crippen LogP contribution < -0.4 is 29.6 Å². The van der Waals surface area contributed by atoms with Crippen molar-refractivity contribution in [2.24, 2.45) is 5.92 Å². The van der Waals surface area contributed by atoms with Crippen LogP contribution in [-0.2, 0) is 20.5 Å². The predicted molar refractivity (Wildman–Crippen MR) is 36.0 cm³/mol. The van der Waals surface area contributed by atoms with Gasteiger partial charge in [0.25, 0.3) is 0 Å². The summed E-state index contributed by atoms with van der Waals surface area (Å²) in [4.78, 5) is 0. The van der Waals surface area contributed by atoms with Crippen molar-refractivity contribution >= 4 is 20.5 Å². The molecule has 0 aliphatic carbocycles. The molecule has 0 atom stereocenters. The van der Waals surface area contributed by atoms with Gasteiger partial charge in [0.05, 0.1) is 0 Å². The second kappa shape index (κ2) is 5.02. The zero-order valence-electron chi connectivity index (χ0n) is 5.92. The Bertz CT molecular complexity index is 150. The fraction of sp³-hybridized carbons (Fsp3) is 1.00. The van der Waals surface area contributed by atoms with E-state index >= 15 is 0 Å². The van der Waals surface area contributed by atoms with Gasteiger partial charge in [-0.2, -0.15) is 0 Å². The molecule has 0 fully saturated rings. The molecule has 0 saturated carbocycles. The molecule has 0 aliphatic rings. The molecule has 0 aromatic heterocycles. The standard InChI is InChI=1S/C4H10O2S2.Na/c1-4(2)3-8(5,6)7;/h4H,3H2,1-2H3,(H,5,6,7);/q;+1/p-1. The average molecular weight is 176 g/mol. The smallest absolute Gasteiger partial charge is 0.649 e. The van der Waals surface area contributed by atoms with Crippen LogP contribution >= 0.6 is 0 Å². The van der Waals surface area contributed by atoms with Crippen molar-refractivity contribution in [3.63, 3.8) is 0 Å². The molecule has 9 heavy (non-hydrogen) atoms. The van der Waals surface area contributed by atoms with Gasteiger partial charge in [-0.05, 0) is 5.92 Å². The average Bonchev–Trinajstić information content (AvgIpc) is 1.21. The van der Waals surface area contributed by atoms with Crippen LogP contribution in [-0.4, -0.2) is 14.2 Å². The Morgan fingerprint density at radius 3 is 1.78 bits per heavy atom. The van der Waals surface area contributed by atoms with Crippen LogP contribution in [0.25, 0.3) is 0 Å². The fourth-order valence-electron chi connectivity index (χ4n) is 0.408. The molecular weight excluding hydrogens is 167 g/mol. The van der Waals surface area contributed by atoms with Gasteiger partial charge in [0.1, 0.15) is 0 Å². The largest absolute Gasteiger partial charge is 1.00 e. The molecule has 0 saturated heterocycles. The summed E-state index contributed by atoms with van der Waals surface area (Å²) in [6, 6.07) is 0. The van der Waals surface area contributed by atoms with Crippen LogP contribution in [0.4, 0.5) is 0 Å². The quantitative estimate of drug-likeness (QED) is 0.265. The maximum atomic E-state index is 10.3. The Kier molecular flexibility index (Phi) is 7.21. The van der Waals surface area contributed by atoms with Gasteiger partial charge < -0.3 is 11.7 Å². The van der Waals surface area contributed by atoms with E-state index in [-0.39, 0.29) is 41.2 Å². The Morgan fingerprint density at radius 1 is 1.44 bits per heavy atom. The Morgan fingerprint density at radius 2 is 1.78 bits per heavy atom. The summed E-state index contributed by atoms with van der Waals surface area (Å²) in [7, 11) is -3.14. The van der Waals surface area contributed by atoms with E-state index in [0.717, 1.165) is 0 Å². The van der Waals surface area contributed by atoms with Crippen LogP contribution in [0.3, 0.4) is 0 Å². The summed E-state index contributed by atoms with van der Waals surface area (Å²) in [6.45, 7) is 3.65. The number of rotatable bonds is 2. The Balaban J connectivity index is 0. The van der Waals surface area contributed by atoms with Crippen LogP contribution in [0.1, 0.15) is 13.8 Å². The molecule has 0 radical (unpaired) electrons. The molecule has 0 aromatic rings. The molecule has 0 N–H and O–H groups in total. The molecule has 5 heteroatoms. The monoisotopic (exact) mass is 176 g/mol. The minimum absolute atomic E-state index is 0. The van der Waals surface area contributed by atoms with Crippen molar-refractivity contribution in [3.8, 4) is 0 Å². The van der Waals surface area contributed by atoms with E-state index in [1.807, 2.05) is 13.8 Å². The molecule has 0 spiro atoms. The van der Waals surface area contributed by atoms with Crippen molar-refractivity contribution in [2.75, 3.05) is 5.75 Å². The Hall–Kier alpha value is 1.30.